The molecular weight excluding hydrogens is 340 g/mol. The Hall–Kier alpha value is -2.54. The van der Waals surface area contributed by atoms with E-state index in [0.717, 1.165) is 44.6 Å². The van der Waals surface area contributed by atoms with Crippen molar-refractivity contribution in [3.63, 3.8) is 0 Å². The summed E-state index contributed by atoms with van der Waals surface area (Å²) in [5.74, 6) is 1.17. The van der Waals surface area contributed by atoms with E-state index in [-0.39, 0.29) is 5.91 Å². The molecule has 0 spiro atoms. The average molecular weight is 368 g/mol. The summed E-state index contributed by atoms with van der Waals surface area (Å²) in [6.45, 7) is 6.38. The van der Waals surface area contributed by atoms with E-state index in [4.69, 9.17) is 0 Å². The Morgan fingerprint density at radius 1 is 1.22 bits per heavy atom. The molecule has 0 aliphatic carbocycles. The highest BCUT2D eigenvalue weighted by Gasteiger charge is 2.20. The molecule has 2 aromatic heterocycles. The minimum absolute atomic E-state index is 0.0182. The third-order valence-corrected chi connectivity index (χ3v) is 4.98. The monoisotopic (exact) mass is 368 g/mol. The van der Waals surface area contributed by atoms with Gasteiger partial charge in [0.15, 0.2) is 0 Å². The molecule has 27 heavy (non-hydrogen) atoms. The van der Waals surface area contributed by atoms with Crippen LogP contribution in [0.5, 0.6) is 0 Å². The zero-order valence-corrected chi connectivity index (χ0v) is 16.1. The first-order valence-corrected chi connectivity index (χ1v) is 9.59. The molecule has 1 N–H and O–H groups in total. The predicted octanol–water partition coefficient (Wildman–Crippen LogP) is 1.97. The van der Waals surface area contributed by atoms with Gasteiger partial charge < -0.3 is 15.1 Å². The van der Waals surface area contributed by atoms with Crippen molar-refractivity contribution >= 4 is 11.9 Å². The van der Waals surface area contributed by atoms with Crippen molar-refractivity contribution in [2.75, 3.05) is 38.1 Å². The van der Waals surface area contributed by atoms with Crippen molar-refractivity contribution < 1.29 is 4.79 Å². The molecule has 0 saturated carbocycles. The second-order valence-corrected chi connectivity index (χ2v) is 7.03. The lowest BCUT2D eigenvalue weighted by Gasteiger charge is -2.27. The van der Waals surface area contributed by atoms with Crippen LogP contribution in [0.2, 0.25) is 0 Å². The van der Waals surface area contributed by atoms with Crippen LogP contribution in [0.1, 0.15) is 35.7 Å². The van der Waals surface area contributed by atoms with Gasteiger partial charge in [-0.3, -0.25) is 9.78 Å². The van der Waals surface area contributed by atoms with Gasteiger partial charge in [-0.2, -0.15) is 0 Å². The Morgan fingerprint density at radius 3 is 2.59 bits per heavy atom. The van der Waals surface area contributed by atoms with E-state index in [9.17, 15) is 4.79 Å². The maximum atomic E-state index is 12.7. The predicted molar refractivity (Wildman–Crippen MR) is 106 cm³/mol. The highest BCUT2D eigenvalue weighted by molar-refractivity contribution is 5.93. The van der Waals surface area contributed by atoms with Gasteiger partial charge in [-0.15, -0.1) is 0 Å². The smallest absolute Gasteiger partial charge is 0.256 e. The molecule has 1 aliphatic rings. The van der Waals surface area contributed by atoms with Gasteiger partial charge in [0, 0.05) is 51.5 Å². The van der Waals surface area contributed by atoms with Crippen molar-refractivity contribution in [2.45, 2.75) is 26.3 Å². The summed E-state index contributed by atoms with van der Waals surface area (Å²) in [6.07, 6.45) is 9.11. The quantitative estimate of drug-likeness (QED) is 0.805. The fourth-order valence-electron chi connectivity index (χ4n) is 3.39. The summed E-state index contributed by atoms with van der Waals surface area (Å²) in [5, 5.41) is 3.36. The third-order valence-electron chi connectivity index (χ3n) is 4.98. The van der Waals surface area contributed by atoms with Crippen molar-refractivity contribution in [1.82, 2.24) is 25.2 Å². The molecular formula is C20H28N6O. The van der Waals surface area contributed by atoms with Gasteiger partial charge in [0.1, 0.15) is 0 Å². The van der Waals surface area contributed by atoms with E-state index < -0.39 is 0 Å². The number of pyridine rings is 1. The van der Waals surface area contributed by atoms with Crippen LogP contribution in [0.25, 0.3) is 0 Å². The van der Waals surface area contributed by atoms with E-state index in [1.54, 1.807) is 23.5 Å². The molecule has 1 amide bonds. The van der Waals surface area contributed by atoms with E-state index >= 15 is 0 Å². The Bertz CT molecular complexity index is 715. The number of amides is 1. The van der Waals surface area contributed by atoms with Crippen LogP contribution < -0.4 is 10.2 Å². The molecule has 7 nitrogen and oxygen atoms in total. The molecule has 1 fully saturated rings. The molecule has 3 heterocycles. The number of hydrogen-bond donors (Lipinski definition) is 1. The van der Waals surface area contributed by atoms with Crippen LogP contribution in [0.4, 0.5) is 5.95 Å². The zero-order valence-electron chi connectivity index (χ0n) is 16.1. The van der Waals surface area contributed by atoms with Crippen molar-refractivity contribution in [2.24, 2.45) is 5.92 Å². The number of nitrogens with one attached hydrogen (secondary N) is 1. The summed E-state index contributed by atoms with van der Waals surface area (Å²) < 4.78 is 0. The fourth-order valence-corrected chi connectivity index (χ4v) is 3.39. The largest absolute Gasteiger partial charge is 0.341 e. The number of carbonyl (C=O) groups is 1. The van der Waals surface area contributed by atoms with Gasteiger partial charge in [0.25, 0.3) is 5.91 Å². The van der Waals surface area contributed by atoms with Crippen LogP contribution >= 0.6 is 0 Å². The Morgan fingerprint density at radius 2 is 1.96 bits per heavy atom. The SMILES string of the molecule is CCN(Cc1cccnc1)c1ncc(C(=O)N(C)CC2CCNCC2)cn1. The number of hydrogen-bond acceptors (Lipinski definition) is 6. The topological polar surface area (TPSA) is 74.2 Å². The van der Waals surface area contributed by atoms with Crippen LogP contribution in [0.3, 0.4) is 0 Å². The second-order valence-electron chi connectivity index (χ2n) is 7.03. The zero-order chi connectivity index (χ0) is 19.1. The second kappa shape index (κ2) is 9.41. The van der Waals surface area contributed by atoms with Gasteiger partial charge in [0.05, 0.1) is 5.56 Å². The molecule has 144 valence electrons. The molecule has 1 aliphatic heterocycles. The highest BCUT2D eigenvalue weighted by Crippen LogP contribution is 2.15. The molecule has 0 atom stereocenters. The maximum Gasteiger partial charge on any atom is 0.256 e. The van der Waals surface area contributed by atoms with Gasteiger partial charge >= 0.3 is 0 Å². The van der Waals surface area contributed by atoms with Crippen molar-refractivity contribution in [3.05, 3.63) is 48.0 Å². The number of nitrogens with zero attached hydrogens (tertiary/aromatic N) is 5. The third kappa shape index (κ3) is 5.23. The van der Waals surface area contributed by atoms with E-state index in [1.165, 1.54) is 0 Å². The minimum atomic E-state index is -0.0182. The molecule has 1 saturated heterocycles. The summed E-state index contributed by atoms with van der Waals surface area (Å²) in [7, 11) is 1.86. The molecule has 0 unspecified atom stereocenters. The molecule has 3 rings (SSSR count). The van der Waals surface area contributed by atoms with E-state index in [1.807, 2.05) is 25.4 Å². The maximum absolute atomic E-state index is 12.7. The molecule has 0 aromatic carbocycles. The van der Waals surface area contributed by atoms with Crippen molar-refractivity contribution in [3.8, 4) is 0 Å². The van der Waals surface area contributed by atoms with Crippen LogP contribution in [-0.2, 0) is 6.54 Å². The van der Waals surface area contributed by atoms with E-state index in [2.05, 4.69) is 32.1 Å². The lowest BCUT2D eigenvalue weighted by atomic mass is 9.97. The summed E-state index contributed by atoms with van der Waals surface area (Å²) >= 11 is 0. The number of rotatable bonds is 7. The van der Waals surface area contributed by atoms with E-state index in [0.29, 0.717) is 24.0 Å². The number of anilines is 1. The first-order chi connectivity index (χ1) is 13.2. The fraction of sp³-hybridized carbons (Fsp3) is 0.500. The van der Waals surface area contributed by atoms with Crippen LogP contribution in [0, 0.1) is 5.92 Å². The lowest BCUT2D eigenvalue weighted by Crippen LogP contribution is -2.37. The first kappa shape index (κ1) is 19.2. The normalized spacial score (nSPS) is 14.7. The molecule has 2 aromatic rings. The Labute approximate surface area is 160 Å². The molecule has 0 radical (unpaired) electrons. The highest BCUT2D eigenvalue weighted by atomic mass is 16.2. The average Bonchev–Trinajstić information content (AvgIpc) is 2.73. The van der Waals surface area contributed by atoms with Gasteiger partial charge in [-0.1, -0.05) is 6.07 Å². The summed E-state index contributed by atoms with van der Waals surface area (Å²) in [5.41, 5.74) is 1.64. The molecule has 7 heteroatoms. The first-order valence-electron chi connectivity index (χ1n) is 9.59. The van der Waals surface area contributed by atoms with Crippen molar-refractivity contribution in [1.29, 1.82) is 0 Å². The number of aromatic nitrogens is 3. The minimum Gasteiger partial charge on any atom is -0.341 e. The standard InChI is InChI=1S/C20H28N6O/c1-3-26(15-17-5-4-8-22-11-17)20-23-12-18(13-24-20)19(27)25(2)14-16-6-9-21-10-7-16/h4-5,8,11-13,16,21H,3,6-7,9-10,14-15H2,1-2H3. The number of carbonyl (C=O) groups excluding carboxylic acids is 1. The molecule has 0 bridgehead atoms. The Kier molecular flexibility index (Phi) is 6.70. The van der Waals surface area contributed by atoms with Gasteiger partial charge in [-0.05, 0) is 50.4 Å². The summed E-state index contributed by atoms with van der Waals surface area (Å²) in [4.78, 5) is 29.5. The van der Waals surface area contributed by atoms with Crippen LogP contribution in [0.15, 0.2) is 36.9 Å². The van der Waals surface area contributed by atoms with Gasteiger partial charge in [-0.25, -0.2) is 9.97 Å². The number of piperidine rings is 1. The Balaban J connectivity index is 1.61. The van der Waals surface area contributed by atoms with Gasteiger partial charge in [0.2, 0.25) is 5.95 Å². The van der Waals surface area contributed by atoms with Crippen LogP contribution in [-0.4, -0.2) is 59.0 Å². The summed E-state index contributed by atoms with van der Waals surface area (Å²) in [6, 6.07) is 3.95. The lowest BCUT2D eigenvalue weighted by molar-refractivity contribution is 0.0762.